The van der Waals surface area contributed by atoms with E-state index in [9.17, 15) is 14.4 Å². The van der Waals surface area contributed by atoms with Crippen LogP contribution in [0.1, 0.15) is 10.6 Å². The summed E-state index contributed by atoms with van der Waals surface area (Å²) in [5.41, 5.74) is 0.0828. The van der Waals surface area contributed by atoms with Crippen LogP contribution in [0.25, 0.3) is 21.9 Å². The number of pyridine rings is 1. The van der Waals surface area contributed by atoms with Crippen LogP contribution in [-0.4, -0.2) is 17.0 Å². The summed E-state index contributed by atoms with van der Waals surface area (Å²) in [6.45, 7) is 0.459. The van der Waals surface area contributed by atoms with Gasteiger partial charge in [-0.25, -0.2) is 0 Å². The second-order valence-corrected chi connectivity index (χ2v) is 5.75. The van der Waals surface area contributed by atoms with E-state index in [1.807, 2.05) is 0 Å². The Hall–Kier alpha value is -3.61. The number of hydrogen-bond acceptors (Lipinski definition) is 5. The molecule has 0 aliphatic heterocycles. The van der Waals surface area contributed by atoms with E-state index in [-0.39, 0.29) is 35.4 Å². The zero-order valence-corrected chi connectivity index (χ0v) is 13.6. The van der Waals surface area contributed by atoms with Gasteiger partial charge in [0.15, 0.2) is 16.8 Å². The summed E-state index contributed by atoms with van der Waals surface area (Å²) in [6.07, 6.45) is 3.10. The lowest BCUT2D eigenvalue weighted by molar-refractivity contribution is 0.0925. The minimum atomic E-state index is -0.514. The van der Waals surface area contributed by atoms with E-state index in [4.69, 9.17) is 8.83 Å². The Morgan fingerprint density at radius 2 is 1.96 bits per heavy atom. The number of furan rings is 1. The predicted molar refractivity (Wildman–Crippen MR) is 95.3 cm³/mol. The first-order valence-electron chi connectivity index (χ1n) is 8.01. The van der Waals surface area contributed by atoms with E-state index in [1.54, 1.807) is 42.6 Å². The van der Waals surface area contributed by atoms with E-state index in [2.05, 4.69) is 5.32 Å². The first-order chi connectivity index (χ1) is 12.6. The molecule has 1 amide bonds. The van der Waals surface area contributed by atoms with Crippen molar-refractivity contribution in [3.63, 3.8) is 0 Å². The third kappa shape index (κ3) is 2.79. The Labute approximate surface area is 146 Å². The van der Waals surface area contributed by atoms with Gasteiger partial charge in [0, 0.05) is 30.7 Å². The first kappa shape index (κ1) is 15.9. The van der Waals surface area contributed by atoms with Crippen LogP contribution in [0.3, 0.4) is 0 Å². The van der Waals surface area contributed by atoms with Gasteiger partial charge in [-0.2, -0.15) is 0 Å². The third-order valence-electron chi connectivity index (χ3n) is 4.08. The van der Waals surface area contributed by atoms with Crippen molar-refractivity contribution in [3.05, 3.63) is 81.3 Å². The highest BCUT2D eigenvalue weighted by Gasteiger charge is 2.12. The number of rotatable bonds is 4. The van der Waals surface area contributed by atoms with Gasteiger partial charge in [-0.3, -0.25) is 14.4 Å². The largest absolute Gasteiger partial charge is 0.459 e. The summed E-state index contributed by atoms with van der Waals surface area (Å²) in [5.74, 6) is -0.581. The third-order valence-corrected chi connectivity index (χ3v) is 4.08. The molecule has 0 unspecified atom stereocenters. The molecule has 0 fully saturated rings. The molecule has 0 spiro atoms. The minimum absolute atomic E-state index is 0.0671. The van der Waals surface area contributed by atoms with Gasteiger partial charge in [-0.1, -0.05) is 12.1 Å². The van der Waals surface area contributed by atoms with Crippen molar-refractivity contribution in [3.8, 4) is 0 Å². The highest BCUT2D eigenvalue weighted by molar-refractivity contribution is 5.93. The lowest BCUT2D eigenvalue weighted by atomic mass is 10.2. The fraction of sp³-hybridized carbons (Fsp3) is 0.105. The number of fused-ring (bicyclic) bond motifs is 2. The van der Waals surface area contributed by atoms with E-state index >= 15 is 0 Å². The summed E-state index contributed by atoms with van der Waals surface area (Å²) in [5, 5.41) is 3.80. The van der Waals surface area contributed by atoms with Gasteiger partial charge in [0.25, 0.3) is 11.5 Å². The van der Waals surface area contributed by atoms with Gasteiger partial charge < -0.3 is 18.7 Å². The molecule has 3 aromatic heterocycles. The fourth-order valence-electron chi connectivity index (χ4n) is 2.76. The number of benzene rings is 1. The minimum Gasteiger partial charge on any atom is -0.459 e. The maximum Gasteiger partial charge on any atom is 0.294 e. The Morgan fingerprint density at radius 3 is 2.85 bits per heavy atom. The Kier molecular flexibility index (Phi) is 3.89. The normalized spacial score (nSPS) is 11.1. The van der Waals surface area contributed by atoms with Gasteiger partial charge >= 0.3 is 0 Å². The molecule has 0 saturated heterocycles. The number of nitrogens with one attached hydrogen (secondary N) is 1. The molecule has 0 bridgehead atoms. The van der Waals surface area contributed by atoms with Crippen molar-refractivity contribution in [1.29, 1.82) is 0 Å². The maximum atomic E-state index is 12.2. The quantitative estimate of drug-likeness (QED) is 0.608. The average molecular weight is 350 g/mol. The fourth-order valence-corrected chi connectivity index (χ4v) is 2.76. The second-order valence-electron chi connectivity index (χ2n) is 5.75. The molecular formula is C19H14N2O5. The van der Waals surface area contributed by atoms with Gasteiger partial charge in [0.05, 0.1) is 11.6 Å². The molecule has 130 valence electrons. The average Bonchev–Trinajstić information content (AvgIpc) is 3.13. The van der Waals surface area contributed by atoms with Crippen LogP contribution >= 0.6 is 0 Å². The van der Waals surface area contributed by atoms with Gasteiger partial charge in [-0.05, 0) is 24.3 Å². The first-order valence-corrected chi connectivity index (χ1v) is 8.01. The second kappa shape index (κ2) is 6.36. The molecule has 26 heavy (non-hydrogen) atoms. The number of carbonyl (C=O) groups excluding carboxylic acids is 1. The molecule has 1 aromatic carbocycles. The van der Waals surface area contributed by atoms with Crippen LogP contribution in [0, 0.1) is 0 Å². The molecule has 7 nitrogen and oxygen atoms in total. The van der Waals surface area contributed by atoms with E-state index in [0.717, 1.165) is 5.39 Å². The zero-order chi connectivity index (χ0) is 18.1. The van der Waals surface area contributed by atoms with Crippen LogP contribution < -0.4 is 16.3 Å². The molecule has 4 aromatic rings. The Balaban J connectivity index is 1.49. The molecule has 0 aliphatic rings. The maximum absolute atomic E-state index is 12.2. The summed E-state index contributed by atoms with van der Waals surface area (Å²) in [7, 11) is 0. The zero-order valence-electron chi connectivity index (χ0n) is 13.6. The standard InChI is InChI=1S/C19H14N2O5/c22-14-11-16(26-15-4-2-1-3-13(14)15)18(23)20-7-9-21-8-5-12-6-10-25-17(12)19(21)24/h1-6,8,10-11H,7,9H2,(H,20,23). The smallest absolute Gasteiger partial charge is 0.294 e. The van der Waals surface area contributed by atoms with Crippen LogP contribution in [0.2, 0.25) is 0 Å². The van der Waals surface area contributed by atoms with E-state index in [1.165, 1.54) is 16.9 Å². The Bertz CT molecular complexity index is 1230. The highest BCUT2D eigenvalue weighted by atomic mass is 16.3. The van der Waals surface area contributed by atoms with Crippen LogP contribution in [0.4, 0.5) is 0 Å². The summed E-state index contributed by atoms with van der Waals surface area (Å²) in [6, 6.07) is 11.4. The molecular weight excluding hydrogens is 336 g/mol. The number of nitrogens with zero attached hydrogens (tertiary/aromatic N) is 1. The van der Waals surface area contributed by atoms with Crippen molar-refractivity contribution >= 4 is 27.8 Å². The molecule has 0 radical (unpaired) electrons. The molecule has 0 aliphatic carbocycles. The SMILES string of the molecule is O=C(NCCn1ccc2ccoc2c1=O)c1cc(=O)c2ccccc2o1. The molecule has 3 heterocycles. The summed E-state index contributed by atoms with van der Waals surface area (Å²) in [4.78, 5) is 36.5. The number of carbonyl (C=O) groups is 1. The summed E-state index contributed by atoms with van der Waals surface area (Å²) >= 11 is 0. The highest BCUT2D eigenvalue weighted by Crippen LogP contribution is 2.12. The van der Waals surface area contributed by atoms with Crippen molar-refractivity contribution in [2.75, 3.05) is 6.54 Å². The number of hydrogen-bond donors (Lipinski definition) is 1. The van der Waals surface area contributed by atoms with Crippen LogP contribution in [0.15, 0.2) is 73.3 Å². The number of para-hydroxylation sites is 1. The van der Waals surface area contributed by atoms with Crippen molar-refractivity contribution in [2.24, 2.45) is 0 Å². The van der Waals surface area contributed by atoms with E-state index in [0.29, 0.717) is 11.0 Å². The topological polar surface area (TPSA) is 94.5 Å². The predicted octanol–water partition coefficient (Wildman–Crippen LogP) is 2.13. The lowest BCUT2D eigenvalue weighted by Crippen LogP contribution is -2.31. The summed E-state index contributed by atoms with van der Waals surface area (Å²) < 4.78 is 12.1. The molecule has 0 saturated carbocycles. The number of amides is 1. The number of aromatic nitrogens is 1. The molecule has 7 heteroatoms. The van der Waals surface area contributed by atoms with E-state index < -0.39 is 5.91 Å². The monoisotopic (exact) mass is 350 g/mol. The Morgan fingerprint density at radius 1 is 1.12 bits per heavy atom. The van der Waals surface area contributed by atoms with Gasteiger partial charge in [0.1, 0.15) is 5.58 Å². The van der Waals surface area contributed by atoms with Gasteiger partial charge in [0.2, 0.25) is 0 Å². The van der Waals surface area contributed by atoms with Crippen molar-refractivity contribution in [2.45, 2.75) is 6.54 Å². The lowest BCUT2D eigenvalue weighted by Gasteiger charge is -2.07. The van der Waals surface area contributed by atoms with Crippen LogP contribution in [-0.2, 0) is 6.54 Å². The van der Waals surface area contributed by atoms with Crippen molar-refractivity contribution < 1.29 is 13.6 Å². The van der Waals surface area contributed by atoms with Gasteiger partial charge in [-0.15, -0.1) is 0 Å². The molecule has 0 atom stereocenters. The molecule has 4 rings (SSSR count). The molecule has 1 N–H and O–H groups in total. The van der Waals surface area contributed by atoms with Crippen LogP contribution in [0.5, 0.6) is 0 Å². The van der Waals surface area contributed by atoms with Crippen molar-refractivity contribution in [1.82, 2.24) is 9.88 Å².